The highest BCUT2D eigenvalue weighted by Crippen LogP contribution is 2.43. The molecule has 0 saturated carbocycles. The first-order chi connectivity index (χ1) is 14.0. The van der Waals surface area contributed by atoms with Crippen molar-refractivity contribution in [3.05, 3.63) is 71.8 Å². The van der Waals surface area contributed by atoms with Crippen LogP contribution in [0.4, 0.5) is 0 Å². The Morgan fingerprint density at radius 2 is 1.62 bits per heavy atom. The molecule has 4 aromatic rings. The van der Waals surface area contributed by atoms with E-state index in [9.17, 15) is 4.21 Å². The van der Waals surface area contributed by atoms with Crippen LogP contribution in [0.3, 0.4) is 0 Å². The summed E-state index contributed by atoms with van der Waals surface area (Å²) in [6.07, 6.45) is 0. The minimum atomic E-state index is -1.37. The molecule has 0 saturated heterocycles. The minimum Gasteiger partial charge on any atom is -0.496 e. The van der Waals surface area contributed by atoms with Crippen LogP contribution >= 0.6 is 11.6 Å². The molecular weight excluding hydrogens is 402 g/mol. The van der Waals surface area contributed by atoms with Crippen molar-refractivity contribution in [3.63, 3.8) is 0 Å². The van der Waals surface area contributed by atoms with Crippen LogP contribution in [0.2, 0.25) is 5.02 Å². The number of nitrogens with one attached hydrogen (secondary N) is 1. The average Bonchev–Trinajstić information content (AvgIpc) is 2.71. The lowest BCUT2D eigenvalue weighted by atomic mass is 9.93. The van der Waals surface area contributed by atoms with Crippen LogP contribution in [0.1, 0.15) is 13.8 Å². The van der Waals surface area contributed by atoms with E-state index in [-0.39, 0.29) is 6.04 Å². The molecule has 0 aromatic heterocycles. The van der Waals surface area contributed by atoms with Gasteiger partial charge in [0, 0.05) is 22.2 Å². The molecule has 0 aliphatic carbocycles. The topological polar surface area (TPSA) is 38.3 Å². The summed E-state index contributed by atoms with van der Waals surface area (Å²) in [5.41, 5.74) is 1.84. The van der Waals surface area contributed by atoms with Gasteiger partial charge in [-0.3, -0.25) is 0 Å². The van der Waals surface area contributed by atoms with E-state index in [1.54, 1.807) is 7.11 Å². The minimum absolute atomic E-state index is 0.0865. The van der Waals surface area contributed by atoms with Crippen LogP contribution in [-0.2, 0) is 11.0 Å². The number of hydrogen-bond donors (Lipinski definition) is 1. The maximum absolute atomic E-state index is 13.2. The molecule has 1 N–H and O–H groups in total. The third-order valence-electron chi connectivity index (χ3n) is 4.85. The lowest BCUT2D eigenvalue weighted by Crippen LogP contribution is -2.25. The van der Waals surface area contributed by atoms with Gasteiger partial charge in [-0.25, -0.2) is 8.93 Å². The fourth-order valence-corrected chi connectivity index (χ4v) is 4.97. The Bertz CT molecular complexity index is 1240. The van der Waals surface area contributed by atoms with E-state index >= 15 is 0 Å². The van der Waals surface area contributed by atoms with E-state index in [2.05, 4.69) is 16.9 Å². The van der Waals surface area contributed by atoms with Gasteiger partial charge in [-0.15, -0.1) is 0 Å². The standard InChI is InChI=1S/C24H22ClNO2S/c1-15(2)26-29(27)22-13-9-16-6-4-5-7-19(16)24(22)23-20-11-10-18(25)14-17(20)8-12-21(23)28-3/h4-15,26H,1-3H3. The molecule has 1 unspecified atom stereocenters. The van der Waals surface area contributed by atoms with E-state index in [1.807, 2.05) is 68.4 Å². The second-order valence-corrected chi connectivity index (χ2v) is 8.86. The summed E-state index contributed by atoms with van der Waals surface area (Å²) in [4.78, 5) is 0.734. The van der Waals surface area contributed by atoms with Crippen molar-refractivity contribution in [2.24, 2.45) is 0 Å². The molecule has 4 aromatic carbocycles. The van der Waals surface area contributed by atoms with Gasteiger partial charge in [-0.2, -0.15) is 0 Å². The highest BCUT2D eigenvalue weighted by molar-refractivity contribution is 7.83. The highest BCUT2D eigenvalue weighted by atomic mass is 35.5. The largest absolute Gasteiger partial charge is 0.496 e. The van der Waals surface area contributed by atoms with Gasteiger partial charge < -0.3 is 4.74 Å². The first-order valence-corrected chi connectivity index (χ1v) is 11.0. The maximum atomic E-state index is 13.2. The summed E-state index contributed by atoms with van der Waals surface area (Å²) in [5.74, 6) is 0.735. The molecular formula is C24H22ClNO2S. The summed E-state index contributed by atoms with van der Waals surface area (Å²) >= 11 is 6.23. The Morgan fingerprint density at radius 3 is 2.38 bits per heavy atom. The van der Waals surface area contributed by atoms with Crippen LogP contribution in [0, 0.1) is 0 Å². The summed E-state index contributed by atoms with van der Waals surface area (Å²) in [6.45, 7) is 3.97. The fourth-order valence-electron chi connectivity index (χ4n) is 3.65. The van der Waals surface area contributed by atoms with Crippen molar-refractivity contribution in [2.45, 2.75) is 24.8 Å². The zero-order chi connectivity index (χ0) is 20.5. The average molecular weight is 424 g/mol. The maximum Gasteiger partial charge on any atom is 0.127 e. The van der Waals surface area contributed by atoms with Crippen LogP contribution < -0.4 is 9.46 Å². The second kappa shape index (κ2) is 8.15. The molecule has 0 aliphatic heterocycles. The zero-order valence-electron chi connectivity index (χ0n) is 16.5. The Balaban J connectivity index is 2.14. The van der Waals surface area contributed by atoms with Gasteiger partial charge in [-0.05, 0) is 59.7 Å². The van der Waals surface area contributed by atoms with Crippen molar-refractivity contribution < 1.29 is 8.95 Å². The van der Waals surface area contributed by atoms with Crippen LogP contribution in [0.25, 0.3) is 32.7 Å². The normalized spacial score (nSPS) is 12.6. The van der Waals surface area contributed by atoms with E-state index in [0.29, 0.717) is 5.02 Å². The Kier molecular flexibility index (Phi) is 5.59. The molecule has 148 valence electrons. The molecule has 0 radical (unpaired) electrons. The molecule has 1 atom stereocenters. The molecule has 0 fully saturated rings. The number of benzene rings is 4. The van der Waals surface area contributed by atoms with E-state index < -0.39 is 11.0 Å². The zero-order valence-corrected chi connectivity index (χ0v) is 18.1. The lowest BCUT2D eigenvalue weighted by Gasteiger charge is -2.19. The number of rotatable bonds is 5. The first-order valence-electron chi connectivity index (χ1n) is 9.46. The van der Waals surface area contributed by atoms with Gasteiger partial charge in [0.15, 0.2) is 0 Å². The van der Waals surface area contributed by atoms with Gasteiger partial charge >= 0.3 is 0 Å². The summed E-state index contributed by atoms with van der Waals surface area (Å²) in [5, 5.41) is 4.81. The number of ether oxygens (including phenoxy) is 1. The Morgan fingerprint density at radius 1 is 0.897 bits per heavy atom. The molecule has 0 bridgehead atoms. The number of hydrogen-bond acceptors (Lipinski definition) is 2. The molecule has 5 heteroatoms. The predicted octanol–water partition coefficient (Wildman–Crippen LogP) is 6.34. The van der Waals surface area contributed by atoms with E-state index in [0.717, 1.165) is 43.3 Å². The molecule has 4 rings (SSSR count). The first kappa shape index (κ1) is 19.9. The third-order valence-corrected chi connectivity index (χ3v) is 6.51. The molecule has 0 spiro atoms. The van der Waals surface area contributed by atoms with Crippen molar-refractivity contribution in [1.29, 1.82) is 0 Å². The van der Waals surface area contributed by atoms with Crippen molar-refractivity contribution in [1.82, 2.24) is 4.72 Å². The van der Waals surface area contributed by atoms with Gasteiger partial charge in [0.1, 0.15) is 16.7 Å². The van der Waals surface area contributed by atoms with Gasteiger partial charge in [0.2, 0.25) is 0 Å². The lowest BCUT2D eigenvalue weighted by molar-refractivity contribution is 0.417. The van der Waals surface area contributed by atoms with Gasteiger partial charge in [-0.1, -0.05) is 54.1 Å². The predicted molar refractivity (Wildman–Crippen MR) is 123 cm³/mol. The molecule has 0 heterocycles. The molecule has 29 heavy (non-hydrogen) atoms. The third kappa shape index (κ3) is 3.76. The van der Waals surface area contributed by atoms with E-state index in [1.165, 1.54) is 0 Å². The second-order valence-electron chi connectivity index (χ2n) is 7.21. The Labute approximate surface area is 178 Å². The van der Waals surface area contributed by atoms with Crippen molar-refractivity contribution in [2.75, 3.05) is 7.11 Å². The van der Waals surface area contributed by atoms with Gasteiger partial charge in [0.05, 0.1) is 12.0 Å². The fraction of sp³-hybridized carbons (Fsp3) is 0.167. The highest BCUT2D eigenvalue weighted by Gasteiger charge is 2.21. The van der Waals surface area contributed by atoms with Gasteiger partial charge in [0.25, 0.3) is 0 Å². The SMILES string of the molecule is COc1ccc2cc(Cl)ccc2c1-c1c(S(=O)NC(C)C)ccc2ccccc12. The monoisotopic (exact) mass is 423 g/mol. The molecule has 3 nitrogen and oxygen atoms in total. The van der Waals surface area contributed by atoms with Crippen LogP contribution in [0.5, 0.6) is 5.75 Å². The number of halogens is 1. The Hall–Kier alpha value is -2.40. The number of fused-ring (bicyclic) bond motifs is 2. The molecule has 0 amide bonds. The summed E-state index contributed by atoms with van der Waals surface area (Å²) in [7, 11) is 0.291. The number of methoxy groups -OCH3 is 1. The smallest absolute Gasteiger partial charge is 0.127 e. The van der Waals surface area contributed by atoms with Crippen LogP contribution in [0.15, 0.2) is 71.6 Å². The van der Waals surface area contributed by atoms with Crippen molar-refractivity contribution >= 4 is 44.1 Å². The van der Waals surface area contributed by atoms with E-state index in [4.69, 9.17) is 16.3 Å². The quantitative estimate of drug-likeness (QED) is 0.406. The summed E-state index contributed by atoms with van der Waals surface area (Å²) in [6, 6.07) is 21.9. The van der Waals surface area contributed by atoms with Crippen molar-refractivity contribution in [3.8, 4) is 16.9 Å². The summed E-state index contributed by atoms with van der Waals surface area (Å²) < 4.78 is 22.1. The van der Waals surface area contributed by atoms with Crippen LogP contribution in [-0.4, -0.2) is 17.4 Å². The molecule has 0 aliphatic rings.